The maximum absolute atomic E-state index is 11.9. The number of hydrazone groups is 1. The van der Waals surface area contributed by atoms with Crippen molar-refractivity contribution >= 4 is 29.4 Å². The van der Waals surface area contributed by atoms with Gasteiger partial charge in [-0.05, 0) is 42.8 Å². The molecular formula is C20H16ClN3O5. The predicted octanol–water partition coefficient (Wildman–Crippen LogP) is 4.35. The van der Waals surface area contributed by atoms with Gasteiger partial charge in [0.1, 0.15) is 11.5 Å². The van der Waals surface area contributed by atoms with E-state index in [1.54, 1.807) is 37.3 Å². The minimum Gasteiger partial charge on any atom is -0.477 e. The van der Waals surface area contributed by atoms with Crippen LogP contribution in [0.4, 0.5) is 5.69 Å². The van der Waals surface area contributed by atoms with E-state index >= 15 is 0 Å². The Hall–Kier alpha value is -3.65. The predicted molar refractivity (Wildman–Crippen MR) is 108 cm³/mol. The number of amides is 1. The highest BCUT2D eigenvalue weighted by Crippen LogP contribution is 2.27. The fraction of sp³-hybridized carbons (Fsp3) is 0.100. The van der Waals surface area contributed by atoms with Gasteiger partial charge in [-0.2, -0.15) is 5.10 Å². The molecule has 9 heteroatoms. The van der Waals surface area contributed by atoms with E-state index in [1.165, 1.54) is 18.3 Å². The van der Waals surface area contributed by atoms with Gasteiger partial charge < -0.3 is 9.15 Å². The van der Waals surface area contributed by atoms with Crippen molar-refractivity contribution in [2.75, 3.05) is 6.61 Å². The number of ether oxygens (including phenoxy) is 1. The van der Waals surface area contributed by atoms with Crippen LogP contribution in [-0.4, -0.2) is 23.7 Å². The van der Waals surface area contributed by atoms with E-state index in [2.05, 4.69) is 10.5 Å². The van der Waals surface area contributed by atoms with Crippen LogP contribution in [0.15, 0.2) is 64.1 Å². The standard InChI is InChI=1S/C20H16ClN3O5/c1-13-5-7-19(17(9-13)24(26)27)28-12-20(25)23-22-11-16-6-8-18(29-16)14-3-2-4-15(21)10-14/h2-11H,12H2,1H3,(H,23,25). The molecule has 1 N–H and O–H groups in total. The Balaban J connectivity index is 1.55. The SMILES string of the molecule is Cc1ccc(OCC(=O)NN=Cc2ccc(-c3cccc(Cl)c3)o2)c([N+](=O)[O-])c1. The average molecular weight is 414 g/mol. The Kier molecular flexibility index (Phi) is 6.25. The van der Waals surface area contributed by atoms with Crippen LogP contribution in [-0.2, 0) is 4.79 Å². The van der Waals surface area contributed by atoms with Gasteiger partial charge in [0.15, 0.2) is 12.4 Å². The molecule has 0 saturated carbocycles. The van der Waals surface area contributed by atoms with Gasteiger partial charge in [-0.15, -0.1) is 0 Å². The van der Waals surface area contributed by atoms with Crippen molar-refractivity contribution < 1.29 is 18.9 Å². The summed E-state index contributed by atoms with van der Waals surface area (Å²) in [7, 11) is 0. The number of benzene rings is 2. The smallest absolute Gasteiger partial charge is 0.311 e. The first-order valence-corrected chi connectivity index (χ1v) is 8.85. The van der Waals surface area contributed by atoms with Crippen LogP contribution in [0, 0.1) is 17.0 Å². The minimum atomic E-state index is -0.572. The molecule has 0 aliphatic rings. The number of furan rings is 1. The lowest BCUT2D eigenvalue weighted by Crippen LogP contribution is -2.24. The van der Waals surface area contributed by atoms with Crippen molar-refractivity contribution in [2.45, 2.75) is 6.92 Å². The highest BCUT2D eigenvalue weighted by atomic mass is 35.5. The van der Waals surface area contributed by atoms with Crippen molar-refractivity contribution in [1.29, 1.82) is 0 Å². The number of hydrogen-bond acceptors (Lipinski definition) is 6. The minimum absolute atomic E-state index is 0.0110. The quantitative estimate of drug-likeness (QED) is 0.352. The summed E-state index contributed by atoms with van der Waals surface area (Å²) in [6.45, 7) is 1.30. The lowest BCUT2D eigenvalue weighted by atomic mass is 10.2. The highest BCUT2D eigenvalue weighted by molar-refractivity contribution is 6.30. The largest absolute Gasteiger partial charge is 0.477 e. The molecule has 0 spiro atoms. The van der Waals surface area contributed by atoms with Crippen LogP contribution >= 0.6 is 11.6 Å². The summed E-state index contributed by atoms with van der Waals surface area (Å²) in [5.41, 5.74) is 3.60. The Bertz CT molecular complexity index is 1080. The lowest BCUT2D eigenvalue weighted by Gasteiger charge is -2.06. The summed E-state index contributed by atoms with van der Waals surface area (Å²) in [4.78, 5) is 22.3. The summed E-state index contributed by atoms with van der Waals surface area (Å²) in [5.74, 6) is 0.473. The first kappa shape index (κ1) is 20.1. The summed E-state index contributed by atoms with van der Waals surface area (Å²) in [6.07, 6.45) is 1.33. The lowest BCUT2D eigenvalue weighted by molar-refractivity contribution is -0.385. The van der Waals surface area contributed by atoms with Crippen LogP contribution in [0.3, 0.4) is 0 Å². The zero-order chi connectivity index (χ0) is 20.8. The molecule has 29 heavy (non-hydrogen) atoms. The molecule has 148 valence electrons. The summed E-state index contributed by atoms with van der Waals surface area (Å²) < 4.78 is 10.9. The molecule has 3 aromatic rings. The maximum Gasteiger partial charge on any atom is 0.311 e. The Morgan fingerprint density at radius 1 is 1.28 bits per heavy atom. The van der Waals surface area contributed by atoms with Gasteiger partial charge in [0.25, 0.3) is 5.91 Å². The number of rotatable bonds is 7. The third kappa shape index (κ3) is 5.43. The fourth-order valence-electron chi connectivity index (χ4n) is 2.45. The van der Waals surface area contributed by atoms with Gasteiger partial charge in [-0.25, -0.2) is 5.43 Å². The zero-order valence-corrected chi connectivity index (χ0v) is 16.1. The van der Waals surface area contributed by atoms with Gasteiger partial charge in [-0.1, -0.05) is 29.8 Å². The number of nitro groups is 1. The van der Waals surface area contributed by atoms with Crippen LogP contribution in [0.25, 0.3) is 11.3 Å². The maximum atomic E-state index is 11.9. The van der Waals surface area contributed by atoms with E-state index in [0.29, 0.717) is 22.1 Å². The van der Waals surface area contributed by atoms with Gasteiger partial charge in [0.2, 0.25) is 0 Å². The van der Waals surface area contributed by atoms with Crippen LogP contribution < -0.4 is 10.2 Å². The molecule has 1 amide bonds. The number of halogens is 1. The molecule has 1 heterocycles. The van der Waals surface area contributed by atoms with Gasteiger partial charge in [0.05, 0.1) is 11.1 Å². The average Bonchev–Trinajstić information content (AvgIpc) is 3.16. The third-order valence-electron chi connectivity index (χ3n) is 3.79. The van der Waals surface area contributed by atoms with E-state index in [4.69, 9.17) is 20.8 Å². The Morgan fingerprint density at radius 3 is 2.86 bits per heavy atom. The number of carbonyl (C=O) groups excluding carboxylic acids is 1. The molecule has 0 saturated heterocycles. The number of aryl methyl sites for hydroxylation is 1. The van der Waals surface area contributed by atoms with Gasteiger partial charge in [0, 0.05) is 16.7 Å². The number of carbonyl (C=O) groups is 1. The van der Waals surface area contributed by atoms with Crippen molar-refractivity contribution in [3.63, 3.8) is 0 Å². The number of nitrogens with zero attached hydrogens (tertiary/aromatic N) is 2. The zero-order valence-electron chi connectivity index (χ0n) is 15.3. The number of hydrogen-bond donors (Lipinski definition) is 1. The van der Waals surface area contributed by atoms with Crippen molar-refractivity contribution in [2.24, 2.45) is 5.10 Å². The molecule has 0 radical (unpaired) electrons. The number of nitro benzene ring substituents is 1. The number of nitrogens with one attached hydrogen (secondary N) is 1. The monoisotopic (exact) mass is 413 g/mol. The molecule has 8 nitrogen and oxygen atoms in total. The first-order chi connectivity index (χ1) is 13.9. The second kappa shape index (κ2) is 9.03. The van der Waals surface area contributed by atoms with Crippen LogP contribution in [0.1, 0.15) is 11.3 Å². The molecule has 2 aromatic carbocycles. The second-order valence-electron chi connectivity index (χ2n) is 6.02. The Labute approximate surface area is 170 Å². The van der Waals surface area contributed by atoms with E-state index in [0.717, 1.165) is 5.56 Å². The molecule has 3 rings (SSSR count). The van der Waals surface area contributed by atoms with Crippen molar-refractivity contribution in [3.05, 3.63) is 81.1 Å². The molecule has 1 aromatic heterocycles. The molecule has 0 bridgehead atoms. The second-order valence-corrected chi connectivity index (χ2v) is 6.46. The molecule has 0 aliphatic heterocycles. The van der Waals surface area contributed by atoms with Crippen LogP contribution in [0.2, 0.25) is 5.02 Å². The molecule has 0 unspecified atom stereocenters. The van der Waals surface area contributed by atoms with Crippen molar-refractivity contribution in [1.82, 2.24) is 5.43 Å². The van der Waals surface area contributed by atoms with Gasteiger partial charge >= 0.3 is 5.69 Å². The normalized spacial score (nSPS) is 10.8. The van der Waals surface area contributed by atoms with E-state index in [1.807, 2.05) is 12.1 Å². The topological polar surface area (TPSA) is 107 Å². The summed E-state index contributed by atoms with van der Waals surface area (Å²) in [6, 6.07) is 15.1. The molecule has 0 aliphatic carbocycles. The summed E-state index contributed by atoms with van der Waals surface area (Å²) in [5, 5.41) is 15.4. The third-order valence-corrected chi connectivity index (χ3v) is 4.02. The van der Waals surface area contributed by atoms with E-state index < -0.39 is 17.4 Å². The fourth-order valence-corrected chi connectivity index (χ4v) is 2.65. The first-order valence-electron chi connectivity index (χ1n) is 8.48. The molecule has 0 fully saturated rings. The van der Waals surface area contributed by atoms with Crippen molar-refractivity contribution in [3.8, 4) is 17.1 Å². The van der Waals surface area contributed by atoms with Crippen LogP contribution in [0.5, 0.6) is 5.75 Å². The summed E-state index contributed by atoms with van der Waals surface area (Å²) >= 11 is 5.96. The molecule has 0 atom stereocenters. The Morgan fingerprint density at radius 2 is 2.10 bits per heavy atom. The highest BCUT2D eigenvalue weighted by Gasteiger charge is 2.16. The van der Waals surface area contributed by atoms with Gasteiger partial charge in [-0.3, -0.25) is 14.9 Å². The van der Waals surface area contributed by atoms with E-state index in [-0.39, 0.29) is 11.4 Å². The van der Waals surface area contributed by atoms with E-state index in [9.17, 15) is 14.9 Å². The molecular weight excluding hydrogens is 398 g/mol.